The third-order valence-electron chi connectivity index (χ3n) is 2.82. The molecule has 0 heterocycles. The van der Waals surface area contributed by atoms with E-state index in [2.05, 4.69) is 21.2 Å². The molecule has 0 saturated heterocycles. The van der Waals surface area contributed by atoms with Crippen molar-refractivity contribution in [3.63, 3.8) is 0 Å². The molecule has 0 spiro atoms. The van der Waals surface area contributed by atoms with Gasteiger partial charge in [-0.2, -0.15) is 13.2 Å². The molecule has 0 atom stereocenters. The van der Waals surface area contributed by atoms with Gasteiger partial charge in [-0.3, -0.25) is 4.79 Å². The highest BCUT2D eigenvalue weighted by Crippen LogP contribution is 2.30. The van der Waals surface area contributed by atoms with Crippen LogP contribution in [0.4, 0.5) is 18.9 Å². The van der Waals surface area contributed by atoms with Crippen LogP contribution in [-0.4, -0.2) is 5.91 Å². The standard InChI is InChI=1S/C15H11BrF3NO/c16-9-10-4-6-11(7-5-10)14(21)20-13-3-1-2-12(8-13)15(17,18)19/h1-8H,9H2,(H,20,21). The van der Waals surface area contributed by atoms with E-state index in [4.69, 9.17) is 0 Å². The summed E-state index contributed by atoms with van der Waals surface area (Å²) in [5.74, 6) is -0.449. The Labute approximate surface area is 128 Å². The fraction of sp³-hybridized carbons (Fsp3) is 0.133. The number of amides is 1. The number of benzene rings is 2. The highest BCUT2D eigenvalue weighted by atomic mass is 79.9. The maximum atomic E-state index is 12.6. The first-order chi connectivity index (χ1) is 9.90. The molecule has 6 heteroatoms. The molecule has 0 aliphatic carbocycles. The van der Waals surface area contributed by atoms with E-state index in [1.807, 2.05) is 0 Å². The summed E-state index contributed by atoms with van der Waals surface area (Å²) in [5.41, 5.74) is 0.706. The Kier molecular flexibility index (Phi) is 4.67. The maximum Gasteiger partial charge on any atom is 0.416 e. The van der Waals surface area contributed by atoms with Gasteiger partial charge < -0.3 is 5.32 Å². The van der Waals surface area contributed by atoms with Crippen LogP contribution in [0.5, 0.6) is 0 Å². The quantitative estimate of drug-likeness (QED) is 0.781. The number of carbonyl (C=O) groups is 1. The summed E-state index contributed by atoms with van der Waals surface area (Å²) in [5, 5.41) is 3.13. The SMILES string of the molecule is O=C(Nc1cccc(C(F)(F)F)c1)c1ccc(CBr)cc1. The highest BCUT2D eigenvalue weighted by molar-refractivity contribution is 9.08. The van der Waals surface area contributed by atoms with Gasteiger partial charge in [0.2, 0.25) is 0 Å². The van der Waals surface area contributed by atoms with Crippen LogP contribution in [0.25, 0.3) is 0 Å². The molecule has 110 valence electrons. The fourth-order valence-electron chi connectivity index (χ4n) is 1.72. The van der Waals surface area contributed by atoms with Gasteiger partial charge in [0.1, 0.15) is 0 Å². The minimum Gasteiger partial charge on any atom is -0.322 e. The molecule has 1 N–H and O–H groups in total. The Balaban J connectivity index is 2.15. The summed E-state index contributed by atoms with van der Waals surface area (Å²) in [6.45, 7) is 0. The fourth-order valence-corrected chi connectivity index (χ4v) is 2.10. The Morgan fingerprint density at radius 1 is 1.10 bits per heavy atom. The summed E-state index contributed by atoms with van der Waals surface area (Å²) in [6, 6.07) is 11.3. The molecule has 0 unspecified atom stereocenters. The lowest BCUT2D eigenvalue weighted by atomic mass is 10.1. The number of hydrogen-bond donors (Lipinski definition) is 1. The van der Waals surface area contributed by atoms with Crippen LogP contribution in [0, 0.1) is 0 Å². The Hall–Kier alpha value is -1.82. The van der Waals surface area contributed by atoms with Crippen molar-refractivity contribution in [1.82, 2.24) is 0 Å². The molecule has 0 saturated carbocycles. The van der Waals surface area contributed by atoms with E-state index in [1.54, 1.807) is 24.3 Å². The van der Waals surface area contributed by atoms with Crippen molar-refractivity contribution in [2.24, 2.45) is 0 Å². The summed E-state index contributed by atoms with van der Waals surface area (Å²) >= 11 is 3.29. The second-order valence-electron chi connectivity index (χ2n) is 4.36. The first-order valence-electron chi connectivity index (χ1n) is 6.03. The van der Waals surface area contributed by atoms with Crippen LogP contribution in [0.15, 0.2) is 48.5 Å². The van der Waals surface area contributed by atoms with Crippen molar-refractivity contribution in [2.75, 3.05) is 5.32 Å². The van der Waals surface area contributed by atoms with E-state index in [9.17, 15) is 18.0 Å². The van der Waals surface area contributed by atoms with Gasteiger partial charge in [-0.15, -0.1) is 0 Å². The molecule has 0 bridgehead atoms. The second-order valence-corrected chi connectivity index (χ2v) is 4.92. The van der Waals surface area contributed by atoms with Gasteiger partial charge in [0.15, 0.2) is 0 Å². The second kappa shape index (κ2) is 6.30. The Morgan fingerprint density at radius 3 is 2.33 bits per heavy atom. The van der Waals surface area contributed by atoms with Crippen molar-refractivity contribution >= 4 is 27.5 Å². The largest absolute Gasteiger partial charge is 0.416 e. The molecular weight excluding hydrogens is 347 g/mol. The molecule has 0 radical (unpaired) electrons. The molecule has 1 amide bonds. The van der Waals surface area contributed by atoms with Crippen LogP contribution < -0.4 is 5.32 Å². The van der Waals surface area contributed by atoms with Crippen LogP contribution >= 0.6 is 15.9 Å². The summed E-state index contributed by atoms with van der Waals surface area (Å²) < 4.78 is 37.8. The minimum atomic E-state index is -4.43. The third-order valence-corrected chi connectivity index (χ3v) is 3.47. The summed E-state index contributed by atoms with van der Waals surface area (Å²) in [6.07, 6.45) is -4.43. The molecule has 0 aliphatic heterocycles. The maximum absolute atomic E-state index is 12.6. The van der Waals surface area contributed by atoms with Crippen LogP contribution in [0.3, 0.4) is 0 Å². The number of halogens is 4. The molecular formula is C15H11BrF3NO. The first kappa shape index (κ1) is 15.6. The van der Waals surface area contributed by atoms with Crippen molar-refractivity contribution in [3.05, 3.63) is 65.2 Å². The molecule has 2 aromatic carbocycles. The Morgan fingerprint density at radius 2 is 1.76 bits per heavy atom. The molecule has 0 aromatic heterocycles. The van der Waals surface area contributed by atoms with E-state index < -0.39 is 17.6 Å². The highest BCUT2D eigenvalue weighted by Gasteiger charge is 2.30. The average molecular weight is 358 g/mol. The van der Waals surface area contributed by atoms with E-state index in [0.717, 1.165) is 17.7 Å². The van der Waals surface area contributed by atoms with Gasteiger partial charge in [0.05, 0.1) is 5.56 Å². The van der Waals surface area contributed by atoms with Crippen LogP contribution in [-0.2, 0) is 11.5 Å². The monoisotopic (exact) mass is 357 g/mol. The van der Waals surface area contributed by atoms with Gasteiger partial charge in [0, 0.05) is 16.6 Å². The molecule has 21 heavy (non-hydrogen) atoms. The molecule has 0 aliphatic rings. The van der Waals surface area contributed by atoms with Crippen molar-refractivity contribution in [2.45, 2.75) is 11.5 Å². The number of alkyl halides is 4. The summed E-state index contributed by atoms with van der Waals surface area (Å²) in [7, 11) is 0. The molecule has 0 fully saturated rings. The van der Waals surface area contributed by atoms with E-state index in [0.29, 0.717) is 10.9 Å². The topological polar surface area (TPSA) is 29.1 Å². The van der Waals surface area contributed by atoms with E-state index in [-0.39, 0.29) is 5.69 Å². The molecule has 2 rings (SSSR count). The van der Waals surface area contributed by atoms with Gasteiger partial charge >= 0.3 is 6.18 Å². The van der Waals surface area contributed by atoms with E-state index in [1.165, 1.54) is 12.1 Å². The lowest BCUT2D eigenvalue weighted by Gasteiger charge is -2.10. The van der Waals surface area contributed by atoms with Crippen molar-refractivity contribution in [3.8, 4) is 0 Å². The van der Waals surface area contributed by atoms with Gasteiger partial charge in [-0.05, 0) is 35.9 Å². The van der Waals surface area contributed by atoms with Gasteiger partial charge in [-0.25, -0.2) is 0 Å². The van der Waals surface area contributed by atoms with Gasteiger partial charge in [-0.1, -0.05) is 34.1 Å². The zero-order chi connectivity index (χ0) is 15.5. The predicted octanol–water partition coefficient (Wildman–Crippen LogP) is 4.85. The number of rotatable bonds is 3. The minimum absolute atomic E-state index is 0.111. The third kappa shape index (κ3) is 4.07. The molecule has 2 aromatic rings. The zero-order valence-electron chi connectivity index (χ0n) is 10.7. The lowest BCUT2D eigenvalue weighted by Crippen LogP contribution is -2.13. The van der Waals surface area contributed by atoms with Crippen LogP contribution in [0.1, 0.15) is 21.5 Å². The Bertz CT molecular complexity index is 638. The van der Waals surface area contributed by atoms with Crippen molar-refractivity contribution in [1.29, 1.82) is 0 Å². The summed E-state index contributed by atoms with van der Waals surface area (Å²) in [4.78, 5) is 12.0. The normalized spacial score (nSPS) is 11.2. The molecule has 2 nitrogen and oxygen atoms in total. The average Bonchev–Trinajstić information content (AvgIpc) is 2.47. The van der Waals surface area contributed by atoms with Gasteiger partial charge in [0.25, 0.3) is 5.91 Å². The van der Waals surface area contributed by atoms with Crippen molar-refractivity contribution < 1.29 is 18.0 Å². The van der Waals surface area contributed by atoms with Crippen LogP contribution in [0.2, 0.25) is 0 Å². The number of carbonyl (C=O) groups excluding carboxylic acids is 1. The zero-order valence-corrected chi connectivity index (χ0v) is 12.3. The predicted molar refractivity (Wildman–Crippen MR) is 78.5 cm³/mol. The number of anilines is 1. The number of nitrogens with one attached hydrogen (secondary N) is 1. The number of hydrogen-bond acceptors (Lipinski definition) is 1. The first-order valence-corrected chi connectivity index (χ1v) is 7.16. The smallest absolute Gasteiger partial charge is 0.322 e. The lowest BCUT2D eigenvalue weighted by molar-refractivity contribution is -0.137. The van der Waals surface area contributed by atoms with E-state index >= 15 is 0 Å².